The van der Waals surface area contributed by atoms with Crippen LogP contribution in [0.1, 0.15) is 19.8 Å². The lowest BCUT2D eigenvalue weighted by Crippen LogP contribution is -2.50. The monoisotopic (exact) mass is 236 g/mol. The Bertz CT molecular complexity index is 233. The van der Waals surface area contributed by atoms with E-state index in [-0.39, 0.29) is 18.3 Å². The number of hydrogen-bond donors (Lipinski definition) is 1. The van der Waals surface area contributed by atoms with Gasteiger partial charge in [0.15, 0.2) is 0 Å². The maximum Gasteiger partial charge on any atom is 0.242 e. The standard InChI is InChI=1S/C9H16N2OS.ClH/c1-7-6-11(4-5-13-7)8(12)9(10)2-3-9;/h7H,2-6,10H2,1H3;1H. The van der Waals surface area contributed by atoms with Crippen LogP contribution < -0.4 is 5.73 Å². The van der Waals surface area contributed by atoms with Crippen LogP contribution in [0.15, 0.2) is 0 Å². The third-order valence-corrected chi connectivity index (χ3v) is 3.88. The molecule has 2 N–H and O–H groups in total. The van der Waals surface area contributed by atoms with Gasteiger partial charge in [-0.1, -0.05) is 6.92 Å². The fraction of sp³-hybridized carbons (Fsp3) is 0.889. The summed E-state index contributed by atoms with van der Waals surface area (Å²) in [6, 6.07) is 0. The highest BCUT2D eigenvalue weighted by Crippen LogP contribution is 2.35. The molecule has 0 bridgehead atoms. The van der Waals surface area contributed by atoms with Crippen molar-refractivity contribution in [3.63, 3.8) is 0 Å². The fourth-order valence-electron chi connectivity index (χ4n) is 1.67. The summed E-state index contributed by atoms with van der Waals surface area (Å²) < 4.78 is 0. The van der Waals surface area contributed by atoms with Gasteiger partial charge in [0.2, 0.25) is 5.91 Å². The van der Waals surface area contributed by atoms with E-state index in [4.69, 9.17) is 5.73 Å². The summed E-state index contributed by atoms with van der Waals surface area (Å²) in [5.74, 6) is 1.24. The van der Waals surface area contributed by atoms with E-state index in [1.807, 2.05) is 16.7 Å². The molecule has 1 aliphatic carbocycles. The predicted octanol–water partition coefficient (Wildman–Crippen LogP) is 0.863. The zero-order chi connectivity index (χ0) is 9.47. The van der Waals surface area contributed by atoms with E-state index < -0.39 is 5.54 Å². The number of halogens is 1. The number of amides is 1. The number of nitrogens with two attached hydrogens (primary N) is 1. The van der Waals surface area contributed by atoms with Gasteiger partial charge in [0.1, 0.15) is 0 Å². The molecule has 1 amide bonds. The quantitative estimate of drug-likeness (QED) is 0.735. The van der Waals surface area contributed by atoms with Gasteiger partial charge in [-0.15, -0.1) is 12.4 Å². The zero-order valence-electron chi connectivity index (χ0n) is 8.36. The van der Waals surface area contributed by atoms with Crippen molar-refractivity contribution in [2.24, 2.45) is 5.73 Å². The third kappa shape index (κ3) is 2.35. The van der Waals surface area contributed by atoms with Crippen LogP contribution in [0.4, 0.5) is 0 Å². The minimum absolute atomic E-state index is 0. The van der Waals surface area contributed by atoms with Crippen LogP contribution in [0, 0.1) is 0 Å². The Labute approximate surface area is 95.2 Å². The molecule has 1 aliphatic heterocycles. The van der Waals surface area contributed by atoms with Crippen LogP contribution in [0.3, 0.4) is 0 Å². The van der Waals surface area contributed by atoms with Crippen molar-refractivity contribution in [3.05, 3.63) is 0 Å². The minimum atomic E-state index is -0.471. The second-order valence-corrected chi connectivity index (χ2v) is 5.64. The van der Waals surface area contributed by atoms with Crippen LogP contribution in [0.5, 0.6) is 0 Å². The Morgan fingerprint density at radius 1 is 1.57 bits per heavy atom. The molecule has 0 aromatic carbocycles. The third-order valence-electron chi connectivity index (χ3n) is 2.74. The summed E-state index contributed by atoms with van der Waals surface area (Å²) in [5, 5.41) is 0.569. The van der Waals surface area contributed by atoms with Crippen molar-refractivity contribution >= 4 is 30.1 Å². The molecule has 5 heteroatoms. The maximum absolute atomic E-state index is 11.8. The van der Waals surface area contributed by atoms with Crippen LogP contribution in [-0.2, 0) is 4.79 Å². The normalized spacial score (nSPS) is 29.3. The van der Waals surface area contributed by atoms with Crippen molar-refractivity contribution in [1.29, 1.82) is 0 Å². The molecule has 1 unspecified atom stereocenters. The van der Waals surface area contributed by atoms with E-state index in [1.165, 1.54) is 0 Å². The number of carbonyl (C=O) groups is 1. The first kappa shape index (κ1) is 12.1. The summed E-state index contributed by atoms with van der Waals surface area (Å²) in [7, 11) is 0. The SMILES string of the molecule is CC1CN(C(=O)C2(N)CC2)CCS1.Cl. The van der Waals surface area contributed by atoms with E-state index in [0.717, 1.165) is 31.7 Å². The average molecular weight is 237 g/mol. The second kappa shape index (κ2) is 4.29. The highest BCUT2D eigenvalue weighted by Gasteiger charge is 2.48. The van der Waals surface area contributed by atoms with E-state index in [2.05, 4.69) is 6.92 Å². The number of nitrogens with zero attached hydrogens (tertiary/aromatic N) is 1. The molecular weight excluding hydrogens is 220 g/mol. The van der Waals surface area contributed by atoms with Gasteiger partial charge in [0, 0.05) is 24.1 Å². The van der Waals surface area contributed by atoms with Gasteiger partial charge in [0.05, 0.1) is 5.54 Å². The first-order chi connectivity index (χ1) is 6.12. The largest absolute Gasteiger partial charge is 0.339 e. The first-order valence-corrected chi connectivity index (χ1v) is 5.86. The minimum Gasteiger partial charge on any atom is -0.339 e. The number of rotatable bonds is 1. The highest BCUT2D eigenvalue weighted by molar-refractivity contribution is 7.99. The summed E-state index contributed by atoms with van der Waals surface area (Å²) in [6.45, 7) is 3.93. The van der Waals surface area contributed by atoms with E-state index in [0.29, 0.717) is 5.25 Å². The molecule has 82 valence electrons. The van der Waals surface area contributed by atoms with Gasteiger partial charge < -0.3 is 10.6 Å². The van der Waals surface area contributed by atoms with Crippen molar-refractivity contribution < 1.29 is 4.79 Å². The average Bonchev–Trinajstić information content (AvgIpc) is 2.84. The zero-order valence-corrected chi connectivity index (χ0v) is 10.00. The van der Waals surface area contributed by atoms with Crippen molar-refractivity contribution in [2.45, 2.75) is 30.6 Å². The molecule has 1 atom stereocenters. The number of hydrogen-bond acceptors (Lipinski definition) is 3. The van der Waals surface area contributed by atoms with Gasteiger partial charge in [-0.2, -0.15) is 11.8 Å². The highest BCUT2D eigenvalue weighted by atomic mass is 35.5. The molecule has 2 fully saturated rings. The van der Waals surface area contributed by atoms with E-state index in [9.17, 15) is 4.79 Å². The molecule has 0 aromatic heterocycles. The maximum atomic E-state index is 11.8. The Kier molecular flexibility index (Phi) is 3.72. The van der Waals surface area contributed by atoms with Crippen LogP contribution >= 0.6 is 24.2 Å². The van der Waals surface area contributed by atoms with Crippen LogP contribution in [0.25, 0.3) is 0 Å². The first-order valence-electron chi connectivity index (χ1n) is 4.82. The van der Waals surface area contributed by atoms with Gasteiger partial charge in [0.25, 0.3) is 0 Å². The molecule has 0 radical (unpaired) electrons. The molecule has 0 spiro atoms. The summed E-state index contributed by atoms with van der Waals surface area (Å²) >= 11 is 1.94. The van der Waals surface area contributed by atoms with Crippen LogP contribution in [-0.4, -0.2) is 40.4 Å². The second-order valence-electron chi connectivity index (χ2n) is 4.09. The fourth-order valence-corrected chi connectivity index (χ4v) is 2.68. The number of thioether (sulfide) groups is 1. The van der Waals surface area contributed by atoms with E-state index in [1.54, 1.807) is 0 Å². The predicted molar refractivity (Wildman–Crippen MR) is 61.9 cm³/mol. The van der Waals surface area contributed by atoms with Gasteiger partial charge in [-0.3, -0.25) is 4.79 Å². The van der Waals surface area contributed by atoms with Gasteiger partial charge in [-0.05, 0) is 12.8 Å². The summed E-state index contributed by atoms with van der Waals surface area (Å²) in [4.78, 5) is 13.8. The Morgan fingerprint density at radius 3 is 2.71 bits per heavy atom. The number of carbonyl (C=O) groups excluding carboxylic acids is 1. The smallest absolute Gasteiger partial charge is 0.242 e. The molecule has 1 saturated heterocycles. The Balaban J connectivity index is 0.000000980. The lowest BCUT2D eigenvalue weighted by Gasteiger charge is -2.32. The molecule has 14 heavy (non-hydrogen) atoms. The molecule has 0 aromatic rings. The van der Waals surface area contributed by atoms with Gasteiger partial charge >= 0.3 is 0 Å². The molecule has 3 nitrogen and oxygen atoms in total. The summed E-state index contributed by atoms with van der Waals surface area (Å²) in [5.41, 5.74) is 5.40. The molecule has 1 heterocycles. The Morgan fingerprint density at radius 2 is 2.21 bits per heavy atom. The van der Waals surface area contributed by atoms with Crippen molar-refractivity contribution in [2.75, 3.05) is 18.8 Å². The van der Waals surface area contributed by atoms with Gasteiger partial charge in [-0.25, -0.2) is 0 Å². The van der Waals surface area contributed by atoms with Crippen LogP contribution in [0.2, 0.25) is 0 Å². The molecular formula is C9H17ClN2OS. The topological polar surface area (TPSA) is 46.3 Å². The lowest BCUT2D eigenvalue weighted by atomic mass is 10.2. The Hall–Kier alpha value is 0.0700. The van der Waals surface area contributed by atoms with Crippen molar-refractivity contribution in [3.8, 4) is 0 Å². The lowest BCUT2D eigenvalue weighted by molar-refractivity contribution is -0.133. The molecule has 2 rings (SSSR count). The molecule has 2 aliphatic rings. The molecule has 1 saturated carbocycles. The van der Waals surface area contributed by atoms with E-state index >= 15 is 0 Å². The summed E-state index contributed by atoms with van der Waals surface area (Å²) in [6.07, 6.45) is 1.76. The van der Waals surface area contributed by atoms with Crippen molar-refractivity contribution in [1.82, 2.24) is 4.90 Å².